The van der Waals surface area contributed by atoms with Crippen LogP contribution in [-0.4, -0.2) is 48.9 Å². The summed E-state index contributed by atoms with van der Waals surface area (Å²) >= 11 is 0. The van der Waals surface area contributed by atoms with Gasteiger partial charge in [-0.2, -0.15) is 5.06 Å². The topological polar surface area (TPSA) is 49.4 Å². The number of hydrogen-bond acceptors (Lipinski definition) is 6. The second-order valence-electron chi connectivity index (χ2n) is 7.83. The molecule has 0 aliphatic carbocycles. The smallest absolute Gasteiger partial charge is 0.185 e. The highest BCUT2D eigenvalue weighted by molar-refractivity contribution is 5.17. The van der Waals surface area contributed by atoms with Crippen molar-refractivity contribution in [3.05, 3.63) is 71.8 Å². The number of hydrogen-bond donors (Lipinski definition) is 0. The molecule has 2 aromatic carbocycles. The van der Waals surface area contributed by atoms with Crippen LogP contribution in [0.1, 0.15) is 17.4 Å². The van der Waals surface area contributed by atoms with E-state index in [1.807, 2.05) is 53.6 Å². The van der Waals surface area contributed by atoms with Gasteiger partial charge in [0.2, 0.25) is 0 Å². The van der Waals surface area contributed by atoms with Crippen molar-refractivity contribution in [2.75, 3.05) is 13.2 Å². The fraction of sp³-hybridized carbons (Fsp3) is 0.455. The van der Waals surface area contributed by atoms with Gasteiger partial charge in [-0.25, -0.2) is 0 Å². The van der Waals surface area contributed by atoms with Crippen LogP contribution < -0.4 is 0 Å². The van der Waals surface area contributed by atoms with E-state index in [1.54, 1.807) is 0 Å². The summed E-state index contributed by atoms with van der Waals surface area (Å²) in [5, 5.41) is 2.03. The second kappa shape index (κ2) is 6.91. The molecule has 6 nitrogen and oxygen atoms in total. The van der Waals surface area contributed by atoms with Crippen LogP contribution in [-0.2, 0) is 30.3 Å². The van der Waals surface area contributed by atoms with Gasteiger partial charge in [0.25, 0.3) is 0 Å². The molecular weight excluding hydrogens is 358 g/mol. The molecule has 146 valence electrons. The molecule has 6 rings (SSSR count). The lowest BCUT2D eigenvalue weighted by atomic mass is 9.88. The minimum Gasteiger partial charge on any atom is -0.373 e. The summed E-state index contributed by atoms with van der Waals surface area (Å²) in [6.07, 6.45) is -1.05. The highest BCUT2D eigenvalue weighted by atomic mass is 16.8. The van der Waals surface area contributed by atoms with Crippen LogP contribution in [0, 0.1) is 5.92 Å². The van der Waals surface area contributed by atoms with Gasteiger partial charge >= 0.3 is 0 Å². The Hall–Kier alpha value is -1.80. The summed E-state index contributed by atoms with van der Waals surface area (Å²) < 4.78 is 24.7. The molecule has 4 heterocycles. The van der Waals surface area contributed by atoms with E-state index in [4.69, 9.17) is 23.8 Å². The van der Waals surface area contributed by atoms with Crippen LogP contribution in [0.25, 0.3) is 0 Å². The lowest BCUT2D eigenvalue weighted by Crippen LogP contribution is -2.58. The van der Waals surface area contributed by atoms with Gasteiger partial charge in [0.15, 0.2) is 12.6 Å². The van der Waals surface area contributed by atoms with E-state index in [-0.39, 0.29) is 42.9 Å². The predicted molar refractivity (Wildman–Crippen MR) is 98.8 cm³/mol. The van der Waals surface area contributed by atoms with E-state index in [1.165, 1.54) is 5.56 Å². The molecule has 4 aliphatic rings. The molecule has 4 saturated heterocycles. The molecule has 0 N–H and O–H groups in total. The van der Waals surface area contributed by atoms with Crippen molar-refractivity contribution in [3.8, 4) is 0 Å². The monoisotopic (exact) mass is 381 g/mol. The fourth-order valence-electron chi connectivity index (χ4n) is 4.80. The van der Waals surface area contributed by atoms with E-state index < -0.39 is 0 Å². The number of nitrogens with zero attached hydrogens (tertiary/aromatic N) is 1. The van der Waals surface area contributed by atoms with Crippen LogP contribution >= 0.6 is 0 Å². The summed E-state index contributed by atoms with van der Waals surface area (Å²) in [4.78, 5) is 6.18. The molecular formula is C22H23NO5. The van der Waals surface area contributed by atoms with E-state index in [0.717, 1.165) is 12.1 Å². The number of benzene rings is 2. The number of ether oxygens (including phenoxy) is 4. The molecule has 0 aromatic heterocycles. The van der Waals surface area contributed by atoms with Gasteiger partial charge in [0, 0.05) is 12.1 Å². The maximum atomic E-state index is 6.32. The van der Waals surface area contributed by atoms with Crippen molar-refractivity contribution in [3.63, 3.8) is 0 Å². The molecule has 7 atom stereocenters. The highest BCUT2D eigenvalue weighted by Crippen LogP contribution is 2.47. The molecule has 4 aliphatic heterocycles. The molecule has 28 heavy (non-hydrogen) atoms. The molecule has 4 fully saturated rings. The zero-order chi connectivity index (χ0) is 18.5. The normalized spacial score (nSPS) is 39.5. The Balaban J connectivity index is 1.21. The standard InChI is InChI=1S/C22H23NO5/c1-3-7-14(8-4-1)11-23-16-12-24-20-18(16)22(28-23)26-17-13-25-21(27-19(17)20)15-9-5-2-6-10-15/h1-10,16-22H,11-13H2/t16-,17-,18-,19-,20+,21-,22-/m1/s1. The molecule has 0 amide bonds. The van der Waals surface area contributed by atoms with Crippen LogP contribution in [0.4, 0.5) is 0 Å². The summed E-state index contributed by atoms with van der Waals surface area (Å²) in [5.41, 5.74) is 2.23. The SMILES string of the molecule is c1ccc(CN2O[C@H]3O[C@@H]4CO[C@@H](c5ccccc5)O[C@H]4[C@H]4OC[C@@H]2[C@@H]34)cc1. The Morgan fingerprint density at radius 3 is 2.43 bits per heavy atom. The first-order valence-electron chi connectivity index (χ1n) is 9.93. The predicted octanol–water partition coefficient (Wildman–Crippen LogP) is 2.66. The minimum absolute atomic E-state index is 0.0374. The van der Waals surface area contributed by atoms with Crippen LogP contribution in [0.3, 0.4) is 0 Å². The van der Waals surface area contributed by atoms with E-state index in [2.05, 4.69) is 12.1 Å². The number of fused-ring (bicyclic) bond motifs is 2. The summed E-state index contributed by atoms with van der Waals surface area (Å²) in [6, 6.07) is 20.6. The Morgan fingerprint density at radius 1 is 0.821 bits per heavy atom. The molecule has 0 bridgehead atoms. The summed E-state index contributed by atoms with van der Waals surface area (Å²) in [7, 11) is 0. The first kappa shape index (κ1) is 17.1. The average molecular weight is 381 g/mol. The number of hydroxylamine groups is 2. The van der Waals surface area contributed by atoms with Crippen molar-refractivity contribution >= 4 is 0 Å². The van der Waals surface area contributed by atoms with E-state index in [0.29, 0.717) is 13.2 Å². The molecule has 0 spiro atoms. The quantitative estimate of drug-likeness (QED) is 0.815. The van der Waals surface area contributed by atoms with Crippen molar-refractivity contribution in [1.82, 2.24) is 5.06 Å². The minimum atomic E-state index is -0.381. The second-order valence-corrected chi connectivity index (χ2v) is 7.83. The van der Waals surface area contributed by atoms with Gasteiger partial charge in [-0.15, -0.1) is 0 Å². The molecule has 0 saturated carbocycles. The lowest BCUT2D eigenvalue weighted by Gasteiger charge is -2.45. The molecule has 6 heteroatoms. The third-order valence-corrected chi connectivity index (χ3v) is 6.15. The van der Waals surface area contributed by atoms with Crippen LogP contribution in [0.5, 0.6) is 0 Å². The van der Waals surface area contributed by atoms with Gasteiger partial charge < -0.3 is 18.9 Å². The summed E-state index contributed by atoms with van der Waals surface area (Å²) in [5.74, 6) is 0.152. The van der Waals surface area contributed by atoms with Gasteiger partial charge in [0.1, 0.15) is 12.2 Å². The lowest BCUT2D eigenvalue weighted by molar-refractivity contribution is -0.359. The zero-order valence-corrected chi connectivity index (χ0v) is 15.4. The van der Waals surface area contributed by atoms with Gasteiger partial charge in [-0.1, -0.05) is 60.7 Å². The first-order chi connectivity index (χ1) is 13.9. The zero-order valence-electron chi connectivity index (χ0n) is 15.4. The Labute approximate surface area is 163 Å². The van der Waals surface area contributed by atoms with Crippen molar-refractivity contribution in [2.24, 2.45) is 5.92 Å². The first-order valence-corrected chi connectivity index (χ1v) is 9.93. The third kappa shape index (κ3) is 2.80. The molecule has 0 radical (unpaired) electrons. The van der Waals surface area contributed by atoms with E-state index in [9.17, 15) is 0 Å². The largest absolute Gasteiger partial charge is 0.373 e. The Morgan fingerprint density at radius 2 is 1.61 bits per heavy atom. The van der Waals surface area contributed by atoms with E-state index >= 15 is 0 Å². The summed E-state index contributed by atoms with van der Waals surface area (Å²) in [6.45, 7) is 1.82. The third-order valence-electron chi connectivity index (χ3n) is 6.15. The maximum Gasteiger partial charge on any atom is 0.185 e. The fourth-order valence-corrected chi connectivity index (χ4v) is 4.80. The van der Waals surface area contributed by atoms with Gasteiger partial charge in [0.05, 0.1) is 31.3 Å². The molecule has 2 aromatic rings. The molecule has 0 unspecified atom stereocenters. The van der Waals surface area contributed by atoms with Gasteiger partial charge in [-0.3, -0.25) is 4.84 Å². The Bertz CT molecular complexity index is 818. The highest BCUT2D eigenvalue weighted by Gasteiger charge is 2.61. The van der Waals surface area contributed by atoms with Crippen LogP contribution in [0.15, 0.2) is 60.7 Å². The van der Waals surface area contributed by atoms with Crippen molar-refractivity contribution in [2.45, 2.75) is 43.5 Å². The maximum absolute atomic E-state index is 6.32. The van der Waals surface area contributed by atoms with Crippen molar-refractivity contribution in [1.29, 1.82) is 0 Å². The van der Waals surface area contributed by atoms with Crippen molar-refractivity contribution < 1.29 is 23.8 Å². The Kier molecular flexibility index (Phi) is 4.22. The number of rotatable bonds is 3. The van der Waals surface area contributed by atoms with Crippen LogP contribution in [0.2, 0.25) is 0 Å². The average Bonchev–Trinajstić information content (AvgIpc) is 3.34. The van der Waals surface area contributed by atoms with Gasteiger partial charge in [-0.05, 0) is 5.56 Å².